The standard InChI is InChI=1S/C24H20F3N9O/c1-34-20-17-10-14(4-7-19(17)33-21(28)18(20)12-32-34)22(37)36(35(2)23-29-8-3-9-30-23)13-16-6-5-15(11-31-16)24(25,26)27/h3-12H,13H2,1-2H3,(H2,28,33). The van der Waals surface area contributed by atoms with Gasteiger partial charge in [0.25, 0.3) is 5.91 Å². The molecule has 5 aromatic rings. The summed E-state index contributed by atoms with van der Waals surface area (Å²) in [6.45, 7) is -0.134. The van der Waals surface area contributed by atoms with Crippen LogP contribution in [0.25, 0.3) is 21.8 Å². The molecule has 0 aliphatic rings. The fraction of sp³-hybridized carbons (Fsp3) is 0.167. The van der Waals surface area contributed by atoms with E-state index >= 15 is 0 Å². The van der Waals surface area contributed by atoms with Crippen LogP contribution in [0, 0.1) is 0 Å². The molecule has 13 heteroatoms. The summed E-state index contributed by atoms with van der Waals surface area (Å²) in [5.41, 5.74) is 7.04. The molecule has 0 atom stereocenters. The smallest absolute Gasteiger partial charge is 0.383 e. The van der Waals surface area contributed by atoms with Gasteiger partial charge in [-0.15, -0.1) is 0 Å². The van der Waals surface area contributed by atoms with Crippen LogP contribution in [-0.4, -0.2) is 47.7 Å². The predicted octanol–water partition coefficient (Wildman–Crippen LogP) is 3.60. The highest BCUT2D eigenvalue weighted by Gasteiger charge is 2.31. The van der Waals surface area contributed by atoms with E-state index in [0.29, 0.717) is 33.2 Å². The van der Waals surface area contributed by atoms with Crippen molar-refractivity contribution < 1.29 is 18.0 Å². The molecule has 0 radical (unpaired) electrons. The van der Waals surface area contributed by atoms with Gasteiger partial charge < -0.3 is 5.73 Å². The number of halogens is 3. The first-order valence-corrected chi connectivity index (χ1v) is 11.0. The van der Waals surface area contributed by atoms with E-state index in [9.17, 15) is 18.0 Å². The van der Waals surface area contributed by atoms with E-state index in [0.717, 1.165) is 12.3 Å². The number of hydrogen-bond donors (Lipinski definition) is 1. The number of nitrogens with zero attached hydrogens (tertiary/aromatic N) is 8. The molecule has 0 saturated heterocycles. The number of amides is 1. The average molecular weight is 507 g/mol. The normalized spacial score (nSPS) is 11.7. The lowest BCUT2D eigenvalue weighted by molar-refractivity contribution is -0.137. The van der Waals surface area contributed by atoms with Crippen molar-refractivity contribution in [1.82, 2.24) is 34.7 Å². The van der Waals surface area contributed by atoms with E-state index in [1.807, 2.05) is 0 Å². The van der Waals surface area contributed by atoms with Gasteiger partial charge in [0.1, 0.15) is 5.82 Å². The molecule has 0 spiro atoms. The maximum absolute atomic E-state index is 13.8. The summed E-state index contributed by atoms with van der Waals surface area (Å²) in [6.07, 6.45) is 0.860. The molecule has 0 unspecified atom stereocenters. The molecule has 188 valence electrons. The maximum atomic E-state index is 13.8. The number of benzene rings is 1. The van der Waals surface area contributed by atoms with Crippen molar-refractivity contribution in [1.29, 1.82) is 0 Å². The molecule has 0 saturated carbocycles. The molecule has 4 aromatic heterocycles. The third-order valence-corrected chi connectivity index (χ3v) is 5.86. The maximum Gasteiger partial charge on any atom is 0.417 e. The van der Waals surface area contributed by atoms with Crippen LogP contribution in [0.15, 0.2) is 61.2 Å². The van der Waals surface area contributed by atoms with Crippen molar-refractivity contribution in [2.45, 2.75) is 12.7 Å². The molecular weight excluding hydrogens is 487 g/mol. The van der Waals surface area contributed by atoms with Gasteiger partial charge in [-0.3, -0.25) is 19.5 Å². The van der Waals surface area contributed by atoms with Crippen LogP contribution in [0.2, 0.25) is 0 Å². The number of alkyl halides is 3. The molecule has 4 heterocycles. The second kappa shape index (κ2) is 9.00. The van der Waals surface area contributed by atoms with Gasteiger partial charge in [-0.05, 0) is 36.4 Å². The molecule has 0 fully saturated rings. The number of pyridine rings is 2. The van der Waals surface area contributed by atoms with E-state index in [4.69, 9.17) is 5.73 Å². The second-order valence-corrected chi connectivity index (χ2v) is 8.23. The van der Waals surface area contributed by atoms with Gasteiger partial charge in [-0.1, -0.05) is 0 Å². The van der Waals surface area contributed by atoms with E-state index in [2.05, 4.69) is 25.0 Å². The summed E-state index contributed by atoms with van der Waals surface area (Å²) in [5, 5.41) is 8.30. The zero-order chi connectivity index (χ0) is 26.3. The number of aromatic nitrogens is 6. The van der Waals surface area contributed by atoms with Crippen molar-refractivity contribution in [3.8, 4) is 0 Å². The van der Waals surface area contributed by atoms with E-state index in [-0.39, 0.29) is 18.2 Å². The molecule has 1 amide bonds. The molecule has 0 aliphatic heterocycles. The first kappa shape index (κ1) is 23.9. The Hall–Kier alpha value is -4.81. The third-order valence-electron chi connectivity index (χ3n) is 5.86. The lowest BCUT2D eigenvalue weighted by atomic mass is 10.1. The summed E-state index contributed by atoms with van der Waals surface area (Å²) in [5.74, 6) is 0.0864. The largest absolute Gasteiger partial charge is 0.417 e. The van der Waals surface area contributed by atoms with Gasteiger partial charge in [0, 0.05) is 43.6 Å². The van der Waals surface area contributed by atoms with Crippen LogP contribution < -0.4 is 10.7 Å². The Morgan fingerprint density at radius 1 is 1.05 bits per heavy atom. The topological polar surface area (TPSA) is 119 Å². The zero-order valence-electron chi connectivity index (χ0n) is 19.7. The van der Waals surface area contributed by atoms with E-state index in [1.54, 1.807) is 49.2 Å². The molecule has 5 rings (SSSR count). The Balaban J connectivity index is 1.57. The van der Waals surface area contributed by atoms with Crippen LogP contribution >= 0.6 is 0 Å². The zero-order valence-corrected chi connectivity index (χ0v) is 19.7. The highest BCUT2D eigenvalue weighted by atomic mass is 19.4. The molecule has 10 nitrogen and oxygen atoms in total. The molecular formula is C24H20F3N9O. The van der Waals surface area contributed by atoms with Gasteiger partial charge >= 0.3 is 6.18 Å². The van der Waals surface area contributed by atoms with Gasteiger partial charge in [0.15, 0.2) is 0 Å². The van der Waals surface area contributed by atoms with Gasteiger partial charge in [-0.2, -0.15) is 18.3 Å². The number of carbonyl (C=O) groups excluding carboxylic acids is 1. The first-order valence-electron chi connectivity index (χ1n) is 11.0. The Bertz CT molecular complexity index is 1600. The summed E-state index contributed by atoms with van der Waals surface area (Å²) in [6, 6.07) is 8.75. The summed E-state index contributed by atoms with van der Waals surface area (Å²) >= 11 is 0. The van der Waals surface area contributed by atoms with Crippen molar-refractivity contribution in [3.05, 3.63) is 78.0 Å². The lowest BCUT2D eigenvalue weighted by Crippen LogP contribution is -2.45. The molecule has 37 heavy (non-hydrogen) atoms. The monoisotopic (exact) mass is 507 g/mol. The molecule has 0 bridgehead atoms. The van der Waals surface area contributed by atoms with Crippen molar-refractivity contribution >= 4 is 39.5 Å². The van der Waals surface area contributed by atoms with Crippen molar-refractivity contribution in [3.63, 3.8) is 0 Å². The number of carbonyl (C=O) groups is 1. The number of fused-ring (bicyclic) bond motifs is 3. The van der Waals surface area contributed by atoms with Crippen LogP contribution in [-0.2, 0) is 19.8 Å². The molecule has 0 aliphatic carbocycles. The minimum absolute atomic E-state index is 0.134. The van der Waals surface area contributed by atoms with Crippen LogP contribution in [0.5, 0.6) is 0 Å². The number of hydrogen-bond acceptors (Lipinski definition) is 8. The Morgan fingerprint density at radius 2 is 1.81 bits per heavy atom. The fourth-order valence-corrected chi connectivity index (χ4v) is 3.96. The number of anilines is 2. The minimum atomic E-state index is -4.52. The van der Waals surface area contributed by atoms with Gasteiger partial charge in [0.2, 0.25) is 5.95 Å². The van der Waals surface area contributed by atoms with Gasteiger partial charge in [-0.25, -0.2) is 20.0 Å². The highest BCUT2D eigenvalue weighted by molar-refractivity contribution is 6.10. The number of nitrogens with two attached hydrogens (primary N) is 1. The highest BCUT2D eigenvalue weighted by Crippen LogP contribution is 2.30. The number of rotatable bonds is 5. The SMILES string of the molecule is CN(c1ncccn1)N(Cc1ccc(C(F)(F)F)cn1)C(=O)c1ccc2nc(N)c3cnn(C)c3c2c1. The number of hydrazine groups is 1. The average Bonchev–Trinajstić information content (AvgIpc) is 3.29. The quantitative estimate of drug-likeness (QED) is 0.359. The fourth-order valence-electron chi connectivity index (χ4n) is 3.96. The lowest BCUT2D eigenvalue weighted by Gasteiger charge is -2.31. The Morgan fingerprint density at radius 3 is 2.49 bits per heavy atom. The van der Waals surface area contributed by atoms with Crippen molar-refractivity contribution in [2.75, 3.05) is 17.8 Å². The Labute approximate surface area is 208 Å². The summed E-state index contributed by atoms with van der Waals surface area (Å²) in [4.78, 5) is 30.5. The van der Waals surface area contributed by atoms with Crippen LogP contribution in [0.1, 0.15) is 21.6 Å². The molecule has 2 N–H and O–H groups in total. The van der Waals surface area contributed by atoms with E-state index in [1.165, 1.54) is 28.5 Å². The Kier molecular flexibility index (Phi) is 5.82. The van der Waals surface area contributed by atoms with Crippen LogP contribution in [0.4, 0.5) is 24.9 Å². The summed E-state index contributed by atoms with van der Waals surface area (Å²) < 4.78 is 40.7. The number of aryl methyl sites for hydroxylation is 1. The third kappa shape index (κ3) is 4.46. The van der Waals surface area contributed by atoms with Crippen molar-refractivity contribution in [2.24, 2.45) is 7.05 Å². The van der Waals surface area contributed by atoms with Crippen LogP contribution in [0.3, 0.4) is 0 Å². The minimum Gasteiger partial charge on any atom is -0.383 e. The van der Waals surface area contributed by atoms with Gasteiger partial charge in [0.05, 0.1) is 40.4 Å². The van der Waals surface area contributed by atoms with E-state index < -0.39 is 17.6 Å². The predicted molar refractivity (Wildman–Crippen MR) is 130 cm³/mol. The number of nitrogen functional groups attached to an aromatic ring is 1. The second-order valence-electron chi connectivity index (χ2n) is 8.23. The summed E-state index contributed by atoms with van der Waals surface area (Å²) in [7, 11) is 3.35. The molecule has 1 aromatic carbocycles. The first-order chi connectivity index (χ1) is 17.6.